The summed E-state index contributed by atoms with van der Waals surface area (Å²) in [4.78, 5) is 12.5. The third kappa shape index (κ3) is 7.90. The van der Waals surface area contributed by atoms with E-state index in [1.54, 1.807) is 0 Å². The normalized spacial score (nSPS) is 21.5. The molecule has 0 radical (unpaired) electrons. The van der Waals surface area contributed by atoms with E-state index in [9.17, 15) is 0 Å². The molecular weight excluding hydrogens is 473 g/mol. The Morgan fingerprint density at radius 3 is 2.48 bits per heavy atom. The van der Waals surface area contributed by atoms with Crippen LogP contribution in [-0.4, -0.2) is 86.1 Å². The van der Waals surface area contributed by atoms with Gasteiger partial charge >= 0.3 is 0 Å². The Kier molecular flexibility index (Phi) is 11.0. The molecule has 2 aliphatic heterocycles. The monoisotopic (exact) mass is 511 g/mol. The number of hydrogen-bond acceptors (Lipinski definition) is 3. The molecule has 0 spiro atoms. The number of benzene rings is 1. The SMILES string of the molecule is CCNC(=NCC1CCN(CC)C1)N1CCN(C/C=C/c2ccccc2)CC1.I. The highest BCUT2D eigenvalue weighted by molar-refractivity contribution is 14.0. The van der Waals surface area contributed by atoms with Crippen LogP contribution in [0.4, 0.5) is 0 Å². The van der Waals surface area contributed by atoms with Crippen molar-refractivity contribution in [1.82, 2.24) is 20.0 Å². The fourth-order valence-electron chi connectivity index (χ4n) is 4.03. The maximum absolute atomic E-state index is 4.99. The lowest BCUT2D eigenvalue weighted by atomic mass is 10.1. The van der Waals surface area contributed by atoms with Crippen molar-refractivity contribution in [3.05, 3.63) is 42.0 Å². The van der Waals surface area contributed by atoms with E-state index >= 15 is 0 Å². The van der Waals surface area contributed by atoms with Crippen LogP contribution in [0.5, 0.6) is 0 Å². The molecule has 2 fully saturated rings. The summed E-state index contributed by atoms with van der Waals surface area (Å²) in [6.07, 6.45) is 5.79. The van der Waals surface area contributed by atoms with Gasteiger partial charge in [-0.05, 0) is 37.9 Å². The Balaban J connectivity index is 0.00000300. The van der Waals surface area contributed by atoms with E-state index in [1.807, 2.05) is 0 Å². The molecule has 1 N–H and O–H groups in total. The van der Waals surface area contributed by atoms with E-state index in [1.165, 1.54) is 31.6 Å². The van der Waals surface area contributed by atoms with Gasteiger partial charge in [-0.3, -0.25) is 9.89 Å². The average Bonchev–Trinajstić information content (AvgIpc) is 3.21. The van der Waals surface area contributed by atoms with Gasteiger partial charge in [0, 0.05) is 52.4 Å². The Hall–Kier alpha value is -1.12. The van der Waals surface area contributed by atoms with Crippen molar-refractivity contribution in [1.29, 1.82) is 0 Å². The van der Waals surface area contributed by atoms with Gasteiger partial charge in [-0.25, -0.2) is 0 Å². The van der Waals surface area contributed by atoms with Crippen LogP contribution >= 0.6 is 24.0 Å². The van der Waals surface area contributed by atoms with E-state index in [0.29, 0.717) is 0 Å². The van der Waals surface area contributed by atoms with Gasteiger partial charge < -0.3 is 15.1 Å². The molecule has 0 bridgehead atoms. The Labute approximate surface area is 194 Å². The third-order valence-electron chi connectivity index (χ3n) is 5.80. The summed E-state index contributed by atoms with van der Waals surface area (Å²) >= 11 is 0. The number of rotatable bonds is 7. The van der Waals surface area contributed by atoms with Crippen molar-refractivity contribution in [2.45, 2.75) is 20.3 Å². The standard InChI is InChI=1S/C23H37N5.HI/c1-3-24-23(25-19-22-12-14-26(4-2)20-22)28-17-15-27(16-18-28)13-8-11-21-9-6-5-7-10-21;/h5-11,22H,3-4,12-20H2,1-2H3,(H,24,25);1H/b11-8+;. The van der Waals surface area contributed by atoms with Crippen LogP contribution in [0.2, 0.25) is 0 Å². The molecule has 29 heavy (non-hydrogen) atoms. The second kappa shape index (κ2) is 13.2. The zero-order valence-corrected chi connectivity index (χ0v) is 20.4. The van der Waals surface area contributed by atoms with Crippen molar-refractivity contribution in [3.63, 3.8) is 0 Å². The van der Waals surface area contributed by atoms with Crippen LogP contribution in [0.15, 0.2) is 41.4 Å². The van der Waals surface area contributed by atoms with Gasteiger partial charge in [0.2, 0.25) is 0 Å². The van der Waals surface area contributed by atoms with Gasteiger partial charge in [-0.2, -0.15) is 0 Å². The quantitative estimate of drug-likeness (QED) is 0.347. The summed E-state index contributed by atoms with van der Waals surface area (Å²) in [5, 5.41) is 3.51. The van der Waals surface area contributed by atoms with E-state index in [2.05, 4.69) is 76.3 Å². The lowest BCUT2D eigenvalue weighted by molar-refractivity contribution is 0.194. The molecule has 1 aromatic rings. The van der Waals surface area contributed by atoms with Crippen LogP contribution < -0.4 is 5.32 Å². The summed E-state index contributed by atoms with van der Waals surface area (Å²) in [7, 11) is 0. The van der Waals surface area contributed by atoms with Gasteiger partial charge in [0.1, 0.15) is 0 Å². The van der Waals surface area contributed by atoms with Crippen LogP contribution in [0.3, 0.4) is 0 Å². The van der Waals surface area contributed by atoms with Gasteiger partial charge in [0.25, 0.3) is 0 Å². The van der Waals surface area contributed by atoms with Gasteiger partial charge in [-0.1, -0.05) is 49.4 Å². The zero-order valence-electron chi connectivity index (χ0n) is 18.1. The largest absolute Gasteiger partial charge is 0.357 e. The Morgan fingerprint density at radius 1 is 1.07 bits per heavy atom. The number of halogens is 1. The summed E-state index contributed by atoms with van der Waals surface area (Å²) in [5.74, 6) is 1.83. The molecular formula is C23H38IN5. The predicted octanol–water partition coefficient (Wildman–Crippen LogP) is 3.24. The first-order valence-electron chi connectivity index (χ1n) is 11.0. The van der Waals surface area contributed by atoms with Crippen LogP contribution in [0.1, 0.15) is 25.8 Å². The highest BCUT2D eigenvalue weighted by atomic mass is 127. The van der Waals surface area contributed by atoms with E-state index in [4.69, 9.17) is 4.99 Å². The first-order valence-corrected chi connectivity index (χ1v) is 11.0. The van der Waals surface area contributed by atoms with Crippen molar-refractivity contribution in [2.24, 2.45) is 10.9 Å². The molecule has 6 heteroatoms. The Morgan fingerprint density at radius 2 is 1.83 bits per heavy atom. The highest BCUT2D eigenvalue weighted by Gasteiger charge is 2.22. The topological polar surface area (TPSA) is 34.1 Å². The lowest BCUT2D eigenvalue weighted by Gasteiger charge is -2.36. The first kappa shape index (κ1) is 24.2. The van der Waals surface area contributed by atoms with Crippen molar-refractivity contribution >= 4 is 36.0 Å². The zero-order chi connectivity index (χ0) is 19.6. The number of nitrogens with one attached hydrogen (secondary N) is 1. The highest BCUT2D eigenvalue weighted by Crippen LogP contribution is 2.16. The minimum absolute atomic E-state index is 0. The van der Waals surface area contributed by atoms with Crippen LogP contribution in [-0.2, 0) is 0 Å². The lowest BCUT2D eigenvalue weighted by Crippen LogP contribution is -2.52. The predicted molar refractivity (Wildman–Crippen MR) is 135 cm³/mol. The molecule has 0 aromatic heterocycles. The maximum atomic E-state index is 4.99. The summed E-state index contributed by atoms with van der Waals surface area (Å²) in [6.45, 7) is 15.2. The molecule has 0 amide bonds. The van der Waals surface area contributed by atoms with Crippen molar-refractivity contribution in [2.75, 3.05) is 65.4 Å². The number of guanidine groups is 1. The van der Waals surface area contributed by atoms with E-state index < -0.39 is 0 Å². The van der Waals surface area contributed by atoms with Gasteiger partial charge in [0.05, 0.1) is 0 Å². The van der Waals surface area contributed by atoms with E-state index in [0.717, 1.165) is 57.7 Å². The maximum Gasteiger partial charge on any atom is 0.194 e. The fourth-order valence-corrected chi connectivity index (χ4v) is 4.03. The van der Waals surface area contributed by atoms with Gasteiger partial charge in [0.15, 0.2) is 5.96 Å². The third-order valence-corrected chi connectivity index (χ3v) is 5.80. The summed E-state index contributed by atoms with van der Waals surface area (Å²) < 4.78 is 0. The molecule has 0 aliphatic carbocycles. The molecule has 2 aliphatic rings. The molecule has 2 heterocycles. The molecule has 1 aromatic carbocycles. The Bertz CT molecular complexity index is 625. The second-order valence-electron chi connectivity index (χ2n) is 7.84. The van der Waals surface area contributed by atoms with Crippen molar-refractivity contribution < 1.29 is 0 Å². The number of likely N-dealkylation sites (tertiary alicyclic amines) is 1. The average molecular weight is 511 g/mol. The van der Waals surface area contributed by atoms with Gasteiger partial charge in [-0.15, -0.1) is 24.0 Å². The molecule has 1 unspecified atom stereocenters. The minimum atomic E-state index is 0. The molecule has 162 valence electrons. The smallest absolute Gasteiger partial charge is 0.194 e. The molecule has 1 atom stereocenters. The summed E-state index contributed by atoms with van der Waals surface area (Å²) in [6, 6.07) is 10.5. The van der Waals surface area contributed by atoms with Crippen molar-refractivity contribution in [3.8, 4) is 0 Å². The van der Waals surface area contributed by atoms with Crippen LogP contribution in [0.25, 0.3) is 6.08 Å². The molecule has 5 nitrogen and oxygen atoms in total. The number of hydrogen-bond donors (Lipinski definition) is 1. The minimum Gasteiger partial charge on any atom is -0.357 e. The summed E-state index contributed by atoms with van der Waals surface area (Å²) in [5.41, 5.74) is 1.27. The second-order valence-corrected chi connectivity index (χ2v) is 7.84. The number of aliphatic imine (C=N–C) groups is 1. The molecule has 2 saturated heterocycles. The molecule has 0 saturated carbocycles. The first-order chi connectivity index (χ1) is 13.8. The van der Waals surface area contributed by atoms with Crippen LogP contribution in [0, 0.1) is 5.92 Å². The van der Waals surface area contributed by atoms with E-state index in [-0.39, 0.29) is 24.0 Å². The molecule has 3 rings (SSSR count). The fraction of sp³-hybridized carbons (Fsp3) is 0.609. The number of nitrogens with zero attached hydrogens (tertiary/aromatic N) is 4. The number of piperazine rings is 1.